The average molecular weight is 281 g/mol. The van der Waals surface area contributed by atoms with Gasteiger partial charge in [0.15, 0.2) is 0 Å². The van der Waals surface area contributed by atoms with E-state index in [1.165, 1.54) is 40.9 Å². The third-order valence-electron chi connectivity index (χ3n) is 4.09. The Kier molecular flexibility index (Phi) is 4.20. The van der Waals surface area contributed by atoms with Crippen LogP contribution < -0.4 is 10.2 Å². The first-order valence-electron chi connectivity index (χ1n) is 7.80. The zero-order valence-corrected chi connectivity index (χ0v) is 12.9. The molecule has 0 saturated heterocycles. The molecular weight excluding hydrogens is 258 g/mol. The van der Waals surface area contributed by atoms with Crippen LogP contribution >= 0.6 is 0 Å². The van der Waals surface area contributed by atoms with Crippen LogP contribution in [-0.4, -0.2) is 18.1 Å². The van der Waals surface area contributed by atoms with Crippen molar-refractivity contribution in [2.24, 2.45) is 0 Å². The molecule has 1 aromatic carbocycles. The van der Waals surface area contributed by atoms with Gasteiger partial charge in [-0.15, -0.1) is 0 Å². The number of hydrogen-bond donors (Lipinski definition) is 1. The van der Waals surface area contributed by atoms with Crippen molar-refractivity contribution < 1.29 is 0 Å². The van der Waals surface area contributed by atoms with E-state index in [1.54, 1.807) is 0 Å². The number of fused-ring (bicyclic) bond motifs is 1. The van der Waals surface area contributed by atoms with E-state index in [9.17, 15) is 0 Å². The minimum absolute atomic E-state index is 0.872. The lowest BCUT2D eigenvalue weighted by Crippen LogP contribution is -2.26. The van der Waals surface area contributed by atoms with E-state index in [-0.39, 0.29) is 0 Å². The Labute approximate surface area is 127 Å². The summed E-state index contributed by atoms with van der Waals surface area (Å²) in [7, 11) is 0. The van der Waals surface area contributed by atoms with Gasteiger partial charge in [0, 0.05) is 42.4 Å². The van der Waals surface area contributed by atoms with Crippen LogP contribution in [0.5, 0.6) is 0 Å². The summed E-state index contributed by atoms with van der Waals surface area (Å²) in [5.41, 5.74) is 6.73. The summed E-state index contributed by atoms with van der Waals surface area (Å²) in [6.45, 7) is 7.23. The molecule has 0 atom stereocenters. The van der Waals surface area contributed by atoms with Crippen molar-refractivity contribution in [2.75, 3.05) is 18.0 Å². The molecule has 0 fully saturated rings. The summed E-state index contributed by atoms with van der Waals surface area (Å²) in [5, 5.41) is 3.41. The standard InChI is InChI=1S/C18H23N3/c1-3-19-12-16-13-20-9-8-18(16)21-10-4-5-15-11-14(2)6-7-17(15)21/h6-9,11,13,19H,3-5,10,12H2,1-2H3. The maximum absolute atomic E-state index is 4.30. The van der Waals surface area contributed by atoms with Crippen molar-refractivity contribution in [3.63, 3.8) is 0 Å². The first kappa shape index (κ1) is 14.1. The van der Waals surface area contributed by atoms with Crippen LogP contribution in [0.25, 0.3) is 0 Å². The zero-order chi connectivity index (χ0) is 14.7. The van der Waals surface area contributed by atoms with Crippen LogP contribution in [0, 0.1) is 6.92 Å². The van der Waals surface area contributed by atoms with E-state index in [4.69, 9.17) is 0 Å². The summed E-state index contributed by atoms with van der Waals surface area (Å²) >= 11 is 0. The number of nitrogens with one attached hydrogen (secondary N) is 1. The maximum Gasteiger partial charge on any atom is 0.0487 e. The van der Waals surface area contributed by atoms with Crippen LogP contribution in [0.2, 0.25) is 0 Å². The fourth-order valence-corrected chi connectivity index (χ4v) is 3.06. The molecule has 110 valence electrons. The van der Waals surface area contributed by atoms with Crippen LogP contribution in [0.3, 0.4) is 0 Å². The molecule has 1 aliphatic rings. The van der Waals surface area contributed by atoms with E-state index < -0.39 is 0 Å². The van der Waals surface area contributed by atoms with E-state index in [2.05, 4.69) is 53.3 Å². The van der Waals surface area contributed by atoms with Crippen molar-refractivity contribution in [3.8, 4) is 0 Å². The molecule has 3 rings (SSSR count). The second kappa shape index (κ2) is 6.27. The van der Waals surface area contributed by atoms with Crippen LogP contribution in [0.1, 0.15) is 30.0 Å². The van der Waals surface area contributed by atoms with Gasteiger partial charge < -0.3 is 10.2 Å². The van der Waals surface area contributed by atoms with Crippen molar-refractivity contribution in [2.45, 2.75) is 33.2 Å². The van der Waals surface area contributed by atoms with Crippen molar-refractivity contribution in [3.05, 3.63) is 53.3 Å². The number of hydrogen-bond acceptors (Lipinski definition) is 3. The van der Waals surface area contributed by atoms with Crippen molar-refractivity contribution in [1.82, 2.24) is 10.3 Å². The molecule has 1 aliphatic heterocycles. The molecule has 3 heteroatoms. The summed E-state index contributed by atoms with van der Waals surface area (Å²) in [4.78, 5) is 6.75. The van der Waals surface area contributed by atoms with Crippen molar-refractivity contribution >= 4 is 11.4 Å². The third kappa shape index (κ3) is 2.93. The Morgan fingerprint density at radius 1 is 1.24 bits per heavy atom. The fourth-order valence-electron chi connectivity index (χ4n) is 3.06. The van der Waals surface area contributed by atoms with E-state index >= 15 is 0 Å². The molecule has 0 radical (unpaired) electrons. The van der Waals surface area contributed by atoms with Crippen molar-refractivity contribution in [1.29, 1.82) is 0 Å². The zero-order valence-electron chi connectivity index (χ0n) is 12.9. The summed E-state index contributed by atoms with van der Waals surface area (Å²) in [6, 6.07) is 8.94. The molecule has 2 aromatic rings. The van der Waals surface area contributed by atoms with Gasteiger partial charge in [0.2, 0.25) is 0 Å². The largest absolute Gasteiger partial charge is 0.341 e. The summed E-state index contributed by atoms with van der Waals surface area (Å²) in [6.07, 6.45) is 6.27. The fraction of sp³-hybridized carbons (Fsp3) is 0.389. The van der Waals surface area contributed by atoms with Gasteiger partial charge in [0.25, 0.3) is 0 Å². The highest BCUT2D eigenvalue weighted by Gasteiger charge is 2.20. The average Bonchev–Trinajstić information content (AvgIpc) is 2.52. The Hall–Kier alpha value is -1.87. The molecular formula is C18H23N3. The first-order valence-corrected chi connectivity index (χ1v) is 7.80. The predicted octanol–water partition coefficient (Wildman–Crippen LogP) is 3.58. The number of aromatic nitrogens is 1. The van der Waals surface area contributed by atoms with Gasteiger partial charge in [-0.05, 0) is 44.0 Å². The molecule has 1 N–H and O–H groups in total. The minimum Gasteiger partial charge on any atom is -0.341 e. The van der Waals surface area contributed by atoms with Gasteiger partial charge in [-0.25, -0.2) is 0 Å². The second-order valence-corrected chi connectivity index (χ2v) is 5.67. The van der Waals surface area contributed by atoms with Gasteiger partial charge in [0.05, 0.1) is 0 Å². The highest BCUT2D eigenvalue weighted by molar-refractivity contribution is 5.70. The quantitative estimate of drug-likeness (QED) is 0.928. The number of anilines is 2. The third-order valence-corrected chi connectivity index (χ3v) is 4.09. The lowest BCUT2D eigenvalue weighted by Gasteiger charge is -2.33. The van der Waals surface area contributed by atoms with Crippen LogP contribution in [-0.2, 0) is 13.0 Å². The molecule has 21 heavy (non-hydrogen) atoms. The van der Waals surface area contributed by atoms with Gasteiger partial charge in [-0.1, -0.05) is 24.6 Å². The Morgan fingerprint density at radius 2 is 2.14 bits per heavy atom. The van der Waals surface area contributed by atoms with Gasteiger partial charge in [0.1, 0.15) is 0 Å². The topological polar surface area (TPSA) is 28.2 Å². The number of aryl methyl sites for hydroxylation is 2. The van der Waals surface area contributed by atoms with Gasteiger partial charge in [-0.2, -0.15) is 0 Å². The maximum atomic E-state index is 4.30. The lowest BCUT2D eigenvalue weighted by atomic mass is 9.98. The van der Waals surface area contributed by atoms with Crippen LogP contribution in [0.15, 0.2) is 36.7 Å². The monoisotopic (exact) mass is 281 g/mol. The highest BCUT2D eigenvalue weighted by atomic mass is 15.1. The van der Waals surface area contributed by atoms with E-state index in [0.717, 1.165) is 19.6 Å². The molecule has 0 aliphatic carbocycles. The Morgan fingerprint density at radius 3 is 3.00 bits per heavy atom. The molecule has 0 bridgehead atoms. The number of pyridine rings is 1. The molecule has 2 heterocycles. The molecule has 0 spiro atoms. The van der Waals surface area contributed by atoms with E-state index in [1.807, 2.05) is 12.4 Å². The lowest BCUT2D eigenvalue weighted by molar-refractivity contribution is 0.715. The Bertz CT molecular complexity index is 622. The smallest absolute Gasteiger partial charge is 0.0487 e. The first-order chi connectivity index (χ1) is 10.3. The minimum atomic E-state index is 0.872. The SMILES string of the molecule is CCNCc1cnccc1N1CCCc2cc(C)ccc21. The second-order valence-electron chi connectivity index (χ2n) is 5.67. The molecule has 0 amide bonds. The summed E-state index contributed by atoms with van der Waals surface area (Å²) < 4.78 is 0. The van der Waals surface area contributed by atoms with Crippen LogP contribution in [0.4, 0.5) is 11.4 Å². The predicted molar refractivity (Wildman–Crippen MR) is 88.1 cm³/mol. The number of rotatable bonds is 4. The summed E-state index contributed by atoms with van der Waals surface area (Å²) in [5.74, 6) is 0. The molecule has 0 unspecified atom stereocenters. The molecule has 1 aromatic heterocycles. The molecule has 0 saturated carbocycles. The Balaban J connectivity index is 1.99. The van der Waals surface area contributed by atoms with Gasteiger partial charge >= 0.3 is 0 Å². The number of benzene rings is 1. The normalized spacial score (nSPS) is 14.1. The number of nitrogens with zero attached hydrogens (tertiary/aromatic N) is 2. The van der Waals surface area contributed by atoms with Gasteiger partial charge in [-0.3, -0.25) is 4.98 Å². The van der Waals surface area contributed by atoms with E-state index in [0.29, 0.717) is 0 Å². The highest BCUT2D eigenvalue weighted by Crippen LogP contribution is 2.35. The molecule has 3 nitrogen and oxygen atoms in total.